The second-order valence-electron chi connectivity index (χ2n) is 6.07. The Kier molecular flexibility index (Phi) is 6.05. The Hall–Kier alpha value is -3.20. The number of carbonyl (C=O) groups is 2. The molecule has 3 rings (SSSR count). The Balaban J connectivity index is 1.81. The average molecular weight is 396 g/mol. The first-order valence-electron chi connectivity index (χ1n) is 8.68. The lowest BCUT2D eigenvalue weighted by Crippen LogP contribution is -2.22. The van der Waals surface area contributed by atoms with Crippen molar-refractivity contribution >= 4 is 28.6 Å². The number of benzene rings is 2. The lowest BCUT2D eigenvalue weighted by molar-refractivity contribution is 0.102. The van der Waals surface area contributed by atoms with E-state index in [0.717, 1.165) is 17.3 Å². The van der Waals surface area contributed by atoms with Gasteiger partial charge in [0.1, 0.15) is 0 Å². The molecular formula is C19H20N6O2S. The molecule has 8 nitrogen and oxygen atoms in total. The molecule has 2 amide bonds. The molecule has 0 aliphatic heterocycles. The molecule has 0 saturated carbocycles. The zero-order valence-corrected chi connectivity index (χ0v) is 16.6. The third-order valence-electron chi connectivity index (χ3n) is 4.14. The Labute approximate surface area is 166 Å². The molecule has 0 bridgehead atoms. The number of nitrogens with one attached hydrogen (secondary N) is 1. The highest BCUT2D eigenvalue weighted by molar-refractivity contribution is 8.13. The van der Waals surface area contributed by atoms with Gasteiger partial charge < -0.3 is 10.2 Å². The van der Waals surface area contributed by atoms with Gasteiger partial charge in [0.15, 0.2) is 0 Å². The molecule has 9 heteroatoms. The van der Waals surface area contributed by atoms with Crippen molar-refractivity contribution in [2.45, 2.75) is 19.0 Å². The maximum absolute atomic E-state index is 12.5. The number of aryl methyl sites for hydroxylation is 1. The SMILES string of the molecule is CCN(C)C(=O)Sc1nnnn1-c1cccc(NC(=O)c2ccccc2C)c1. The number of rotatable bonds is 5. The molecule has 0 aliphatic carbocycles. The van der Waals surface area contributed by atoms with Crippen molar-refractivity contribution in [3.05, 3.63) is 59.7 Å². The van der Waals surface area contributed by atoms with E-state index in [9.17, 15) is 9.59 Å². The highest BCUT2D eigenvalue weighted by Gasteiger charge is 2.17. The maximum atomic E-state index is 12.5. The third kappa shape index (κ3) is 4.37. The smallest absolute Gasteiger partial charge is 0.289 e. The fraction of sp³-hybridized carbons (Fsp3) is 0.211. The van der Waals surface area contributed by atoms with E-state index in [0.29, 0.717) is 28.6 Å². The number of tetrazole rings is 1. The summed E-state index contributed by atoms with van der Waals surface area (Å²) in [4.78, 5) is 26.3. The fourth-order valence-electron chi connectivity index (χ4n) is 2.43. The maximum Gasteiger partial charge on any atom is 0.289 e. The molecule has 1 heterocycles. The van der Waals surface area contributed by atoms with Crippen LogP contribution in [0.4, 0.5) is 10.5 Å². The van der Waals surface area contributed by atoms with E-state index >= 15 is 0 Å². The Morgan fingerprint density at radius 1 is 1.18 bits per heavy atom. The van der Waals surface area contributed by atoms with Gasteiger partial charge in [-0.1, -0.05) is 24.3 Å². The summed E-state index contributed by atoms with van der Waals surface area (Å²) in [5.74, 6) is -0.193. The van der Waals surface area contributed by atoms with Gasteiger partial charge in [0.05, 0.1) is 5.69 Å². The number of amides is 2. The summed E-state index contributed by atoms with van der Waals surface area (Å²) in [7, 11) is 1.71. The number of hydrogen-bond acceptors (Lipinski definition) is 6. The molecule has 0 aliphatic rings. The van der Waals surface area contributed by atoms with Crippen LogP contribution < -0.4 is 5.32 Å². The highest BCUT2D eigenvalue weighted by atomic mass is 32.2. The number of anilines is 1. The van der Waals surface area contributed by atoms with Crippen LogP contribution in [0.1, 0.15) is 22.8 Å². The van der Waals surface area contributed by atoms with Crippen LogP contribution in [0.2, 0.25) is 0 Å². The Morgan fingerprint density at radius 2 is 1.96 bits per heavy atom. The molecule has 144 valence electrons. The van der Waals surface area contributed by atoms with E-state index in [1.165, 1.54) is 4.68 Å². The molecule has 0 radical (unpaired) electrons. The van der Waals surface area contributed by atoms with Crippen LogP contribution in [0.15, 0.2) is 53.7 Å². The summed E-state index contributed by atoms with van der Waals surface area (Å²) in [6, 6.07) is 14.5. The minimum absolute atomic E-state index is 0.150. The topological polar surface area (TPSA) is 93.0 Å². The van der Waals surface area contributed by atoms with Gasteiger partial charge in [-0.3, -0.25) is 9.59 Å². The molecule has 3 aromatic rings. The van der Waals surface area contributed by atoms with Gasteiger partial charge in [0.2, 0.25) is 5.16 Å². The summed E-state index contributed by atoms with van der Waals surface area (Å²) in [6.07, 6.45) is 0. The molecule has 0 spiro atoms. The molecule has 28 heavy (non-hydrogen) atoms. The molecule has 0 unspecified atom stereocenters. The van der Waals surface area contributed by atoms with Crippen LogP contribution in [0, 0.1) is 6.92 Å². The van der Waals surface area contributed by atoms with Crippen molar-refractivity contribution in [2.24, 2.45) is 0 Å². The first-order valence-corrected chi connectivity index (χ1v) is 9.50. The molecule has 0 saturated heterocycles. The highest BCUT2D eigenvalue weighted by Crippen LogP contribution is 2.23. The second-order valence-corrected chi connectivity index (χ2v) is 6.99. The summed E-state index contributed by atoms with van der Waals surface area (Å²) >= 11 is 0.950. The number of aromatic nitrogens is 4. The van der Waals surface area contributed by atoms with Gasteiger partial charge in [0, 0.05) is 36.6 Å². The van der Waals surface area contributed by atoms with Crippen LogP contribution in [0.3, 0.4) is 0 Å². The van der Waals surface area contributed by atoms with Crippen molar-refractivity contribution < 1.29 is 9.59 Å². The van der Waals surface area contributed by atoms with Gasteiger partial charge in [-0.25, -0.2) is 0 Å². The van der Waals surface area contributed by atoms with Crippen LogP contribution in [0.25, 0.3) is 5.69 Å². The quantitative estimate of drug-likeness (QED) is 0.665. The van der Waals surface area contributed by atoms with E-state index in [2.05, 4.69) is 20.8 Å². The number of thioether (sulfide) groups is 1. The van der Waals surface area contributed by atoms with Gasteiger partial charge in [-0.2, -0.15) is 4.68 Å². The summed E-state index contributed by atoms with van der Waals surface area (Å²) in [5, 5.41) is 14.7. The summed E-state index contributed by atoms with van der Waals surface area (Å²) < 4.78 is 1.47. The molecule has 0 fully saturated rings. The fourth-order valence-corrected chi connectivity index (χ4v) is 3.18. The lowest BCUT2D eigenvalue weighted by atomic mass is 10.1. The molecule has 1 aromatic heterocycles. The zero-order valence-electron chi connectivity index (χ0n) is 15.8. The summed E-state index contributed by atoms with van der Waals surface area (Å²) in [5.41, 5.74) is 2.75. The van der Waals surface area contributed by atoms with Crippen molar-refractivity contribution in [3.8, 4) is 5.69 Å². The first kappa shape index (κ1) is 19.6. The van der Waals surface area contributed by atoms with Crippen LogP contribution in [-0.4, -0.2) is 49.8 Å². The van der Waals surface area contributed by atoms with Crippen LogP contribution >= 0.6 is 11.8 Å². The first-order chi connectivity index (χ1) is 13.5. The second kappa shape index (κ2) is 8.66. The van der Waals surface area contributed by atoms with Crippen LogP contribution in [-0.2, 0) is 0 Å². The van der Waals surface area contributed by atoms with Gasteiger partial charge in [0.25, 0.3) is 11.1 Å². The number of carbonyl (C=O) groups excluding carboxylic acids is 2. The van der Waals surface area contributed by atoms with E-state index in [1.54, 1.807) is 42.3 Å². The molecular weight excluding hydrogens is 376 g/mol. The summed E-state index contributed by atoms with van der Waals surface area (Å²) in [6.45, 7) is 4.37. The largest absolute Gasteiger partial charge is 0.337 e. The Morgan fingerprint density at radius 3 is 2.71 bits per heavy atom. The van der Waals surface area contributed by atoms with E-state index < -0.39 is 0 Å². The van der Waals surface area contributed by atoms with Gasteiger partial charge in [-0.15, -0.1) is 5.10 Å². The average Bonchev–Trinajstić information content (AvgIpc) is 3.15. The molecule has 2 aromatic carbocycles. The van der Waals surface area contributed by atoms with E-state index in [4.69, 9.17) is 0 Å². The lowest BCUT2D eigenvalue weighted by Gasteiger charge is -2.13. The third-order valence-corrected chi connectivity index (χ3v) is 5.07. The standard InChI is InChI=1S/C19H20N6O2S/c1-4-24(3)19(27)28-18-21-22-23-25(18)15-10-7-9-14(12-15)20-17(26)16-11-6-5-8-13(16)2/h5-12H,4H2,1-3H3,(H,20,26). The number of nitrogens with zero attached hydrogens (tertiary/aromatic N) is 5. The predicted molar refractivity (Wildman–Crippen MR) is 108 cm³/mol. The van der Waals surface area contributed by atoms with E-state index in [-0.39, 0.29) is 11.1 Å². The van der Waals surface area contributed by atoms with Gasteiger partial charge in [-0.05, 0) is 54.1 Å². The van der Waals surface area contributed by atoms with E-state index in [1.807, 2.05) is 32.0 Å². The number of hydrogen-bond donors (Lipinski definition) is 1. The Bertz CT molecular complexity index is 1000. The zero-order chi connectivity index (χ0) is 20.1. The van der Waals surface area contributed by atoms with Crippen LogP contribution in [0.5, 0.6) is 0 Å². The van der Waals surface area contributed by atoms with Crippen molar-refractivity contribution in [3.63, 3.8) is 0 Å². The minimum atomic E-state index is -0.193. The minimum Gasteiger partial charge on any atom is -0.337 e. The monoisotopic (exact) mass is 396 g/mol. The van der Waals surface area contributed by atoms with Crippen molar-refractivity contribution in [1.82, 2.24) is 25.1 Å². The molecule has 1 N–H and O–H groups in total. The van der Waals surface area contributed by atoms with Gasteiger partial charge >= 0.3 is 0 Å². The molecule has 0 atom stereocenters. The van der Waals surface area contributed by atoms with Crippen molar-refractivity contribution in [1.29, 1.82) is 0 Å². The van der Waals surface area contributed by atoms with Crippen molar-refractivity contribution in [2.75, 3.05) is 18.9 Å². The normalized spacial score (nSPS) is 10.5. The predicted octanol–water partition coefficient (Wildman–Crippen LogP) is 3.39.